The number of nitrogens with zero attached hydrogens (tertiary/aromatic N) is 4. The van der Waals surface area contributed by atoms with Gasteiger partial charge in [-0.25, -0.2) is 0 Å². The van der Waals surface area contributed by atoms with Gasteiger partial charge >= 0.3 is 0 Å². The second-order valence-corrected chi connectivity index (χ2v) is 8.41. The third-order valence-corrected chi connectivity index (χ3v) is 6.21. The van der Waals surface area contributed by atoms with Crippen LogP contribution in [-0.4, -0.2) is 37.3 Å². The van der Waals surface area contributed by atoms with Crippen LogP contribution >= 0.6 is 11.8 Å². The number of fused-ring (bicyclic) bond motifs is 3. The third kappa shape index (κ3) is 4.41. The van der Waals surface area contributed by atoms with Crippen LogP contribution in [0.3, 0.4) is 0 Å². The second-order valence-electron chi connectivity index (χ2n) is 7.47. The highest BCUT2D eigenvalue weighted by Gasteiger charge is 2.18. The molecule has 2 aromatic carbocycles. The summed E-state index contributed by atoms with van der Waals surface area (Å²) in [5.41, 5.74) is 1.31. The Balaban J connectivity index is 1.64. The van der Waals surface area contributed by atoms with Crippen LogP contribution in [0.15, 0.2) is 58.5 Å². The number of aromatic nitrogens is 4. The van der Waals surface area contributed by atoms with Gasteiger partial charge in [-0.15, -0.1) is 10.2 Å². The molecule has 0 fully saturated rings. The van der Waals surface area contributed by atoms with E-state index in [1.165, 1.54) is 11.8 Å². The van der Waals surface area contributed by atoms with Crippen LogP contribution in [0.5, 0.6) is 5.75 Å². The smallest absolute Gasteiger partial charge is 0.262 e. The standard InChI is InChI=1S/C24H26N4O3S/c1-3-5-8-15-27-22(30)19-9-6-7-10-20(19)28-23(27)25-26-24(28)32-16-21(29)17-11-13-18(14-12-17)31-4-2/h6-7,9-14H,3-5,8,15-16H2,1-2H3. The van der Waals surface area contributed by atoms with Crippen LogP contribution in [0.4, 0.5) is 0 Å². The lowest BCUT2D eigenvalue weighted by molar-refractivity contribution is 0.102. The molecule has 0 unspecified atom stereocenters. The highest BCUT2D eigenvalue weighted by molar-refractivity contribution is 7.99. The van der Waals surface area contributed by atoms with E-state index in [9.17, 15) is 9.59 Å². The fourth-order valence-electron chi connectivity index (χ4n) is 3.67. The number of ether oxygens (including phenoxy) is 1. The van der Waals surface area contributed by atoms with Gasteiger partial charge < -0.3 is 4.74 Å². The van der Waals surface area contributed by atoms with Gasteiger partial charge in [0.05, 0.1) is 23.3 Å². The average molecular weight is 451 g/mol. The molecule has 0 aliphatic heterocycles. The zero-order valence-electron chi connectivity index (χ0n) is 18.3. The molecule has 8 heteroatoms. The summed E-state index contributed by atoms with van der Waals surface area (Å²) in [6.45, 7) is 5.23. The largest absolute Gasteiger partial charge is 0.494 e. The molecule has 2 aromatic heterocycles. The Hall–Kier alpha value is -3.13. The van der Waals surface area contributed by atoms with E-state index in [0.29, 0.717) is 35.0 Å². The fourth-order valence-corrected chi connectivity index (χ4v) is 4.50. The molecule has 32 heavy (non-hydrogen) atoms. The Labute approximate surface area is 190 Å². The maximum atomic E-state index is 13.1. The van der Waals surface area contributed by atoms with Gasteiger partial charge in [-0.05, 0) is 49.7 Å². The molecule has 166 valence electrons. The van der Waals surface area contributed by atoms with Gasteiger partial charge in [-0.3, -0.25) is 18.6 Å². The lowest BCUT2D eigenvalue weighted by Gasteiger charge is -2.11. The van der Waals surface area contributed by atoms with Crippen molar-refractivity contribution in [2.45, 2.75) is 44.8 Å². The Kier molecular flexibility index (Phi) is 6.90. The number of hydrogen-bond donors (Lipinski definition) is 0. The van der Waals surface area contributed by atoms with Crippen molar-refractivity contribution in [2.24, 2.45) is 0 Å². The number of rotatable bonds is 10. The molecule has 2 heterocycles. The van der Waals surface area contributed by atoms with Crippen molar-refractivity contribution < 1.29 is 9.53 Å². The van der Waals surface area contributed by atoms with Crippen molar-refractivity contribution in [1.82, 2.24) is 19.2 Å². The minimum absolute atomic E-state index is 0.00429. The molecule has 0 radical (unpaired) electrons. The first-order valence-electron chi connectivity index (χ1n) is 10.9. The molecule has 0 aliphatic carbocycles. The third-order valence-electron chi connectivity index (χ3n) is 5.28. The topological polar surface area (TPSA) is 78.5 Å². The molecule has 0 spiro atoms. The first kappa shape index (κ1) is 22.1. The van der Waals surface area contributed by atoms with Gasteiger partial charge in [0, 0.05) is 12.1 Å². The first-order valence-corrected chi connectivity index (χ1v) is 11.9. The number of hydrogen-bond acceptors (Lipinski definition) is 6. The number of aryl methyl sites for hydroxylation is 1. The lowest BCUT2D eigenvalue weighted by Crippen LogP contribution is -2.23. The zero-order chi connectivity index (χ0) is 22.5. The van der Waals surface area contributed by atoms with E-state index in [0.717, 1.165) is 30.5 Å². The number of carbonyl (C=O) groups is 1. The SMILES string of the molecule is CCCCCn1c(=O)c2ccccc2n2c(SCC(=O)c3ccc(OCC)cc3)nnc12. The summed E-state index contributed by atoms with van der Waals surface area (Å²) in [4.78, 5) is 25.8. The van der Waals surface area contributed by atoms with E-state index in [4.69, 9.17) is 4.74 Å². The van der Waals surface area contributed by atoms with Gasteiger partial charge in [0.25, 0.3) is 5.56 Å². The number of ketones is 1. The molecule has 0 saturated carbocycles. The summed E-state index contributed by atoms with van der Waals surface area (Å²) in [5, 5.41) is 9.86. The van der Waals surface area contributed by atoms with Crippen LogP contribution in [0.1, 0.15) is 43.5 Å². The van der Waals surface area contributed by atoms with Crippen LogP contribution in [0.2, 0.25) is 0 Å². The molecule has 4 aromatic rings. The number of benzene rings is 2. The molecular weight excluding hydrogens is 424 g/mol. The van der Waals surface area contributed by atoms with E-state index in [2.05, 4.69) is 17.1 Å². The predicted octanol–water partition coefficient (Wildman–Crippen LogP) is 4.61. The van der Waals surface area contributed by atoms with Crippen LogP contribution < -0.4 is 10.3 Å². The van der Waals surface area contributed by atoms with Crippen molar-refractivity contribution in [3.8, 4) is 5.75 Å². The van der Waals surface area contributed by atoms with Crippen molar-refractivity contribution in [3.05, 3.63) is 64.4 Å². The molecule has 0 N–H and O–H groups in total. The van der Waals surface area contributed by atoms with Crippen molar-refractivity contribution >= 4 is 34.2 Å². The molecule has 0 bridgehead atoms. The normalized spacial score (nSPS) is 11.3. The summed E-state index contributed by atoms with van der Waals surface area (Å²) >= 11 is 1.32. The summed E-state index contributed by atoms with van der Waals surface area (Å²) in [6, 6.07) is 14.6. The van der Waals surface area contributed by atoms with Crippen molar-refractivity contribution in [3.63, 3.8) is 0 Å². The van der Waals surface area contributed by atoms with Gasteiger partial charge in [0.1, 0.15) is 5.75 Å². The van der Waals surface area contributed by atoms with Gasteiger partial charge in [0.15, 0.2) is 10.9 Å². The Morgan fingerprint density at radius 1 is 1.03 bits per heavy atom. The molecular formula is C24H26N4O3S. The number of Topliss-reactive ketones (excluding diaryl/α,β-unsaturated/α-hetero) is 1. The Bertz CT molecular complexity index is 1290. The van der Waals surface area contributed by atoms with Crippen LogP contribution in [0, 0.1) is 0 Å². The molecule has 4 rings (SSSR count). The van der Waals surface area contributed by atoms with E-state index in [1.807, 2.05) is 35.6 Å². The average Bonchev–Trinajstić information content (AvgIpc) is 3.24. The highest BCUT2D eigenvalue weighted by Crippen LogP contribution is 2.23. The van der Waals surface area contributed by atoms with E-state index < -0.39 is 0 Å². The Morgan fingerprint density at radius 3 is 2.56 bits per heavy atom. The monoisotopic (exact) mass is 450 g/mol. The molecule has 0 aliphatic rings. The quantitative estimate of drug-likeness (QED) is 0.199. The number of unbranched alkanes of at least 4 members (excludes halogenated alkanes) is 2. The minimum atomic E-state index is -0.0568. The van der Waals surface area contributed by atoms with E-state index in [-0.39, 0.29) is 17.1 Å². The van der Waals surface area contributed by atoms with E-state index in [1.54, 1.807) is 28.8 Å². The zero-order valence-corrected chi connectivity index (χ0v) is 19.1. The van der Waals surface area contributed by atoms with Crippen molar-refractivity contribution in [1.29, 1.82) is 0 Å². The summed E-state index contributed by atoms with van der Waals surface area (Å²) in [7, 11) is 0. The highest BCUT2D eigenvalue weighted by atomic mass is 32.2. The predicted molar refractivity (Wildman–Crippen MR) is 127 cm³/mol. The molecule has 0 atom stereocenters. The Morgan fingerprint density at radius 2 is 1.81 bits per heavy atom. The molecule has 7 nitrogen and oxygen atoms in total. The van der Waals surface area contributed by atoms with Crippen LogP contribution in [-0.2, 0) is 6.54 Å². The fraction of sp³-hybridized carbons (Fsp3) is 0.333. The van der Waals surface area contributed by atoms with Crippen LogP contribution in [0.25, 0.3) is 16.7 Å². The van der Waals surface area contributed by atoms with Crippen molar-refractivity contribution in [2.75, 3.05) is 12.4 Å². The van der Waals surface area contributed by atoms with E-state index >= 15 is 0 Å². The number of para-hydroxylation sites is 1. The van der Waals surface area contributed by atoms with Gasteiger partial charge in [-0.1, -0.05) is 43.7 Å². The lowest BCUT2D eigenvalue weighted by atomic mass is 10.1. The summed E-state index contributed by atoms with van der Waals surface area (Å²) in [6.07, 6.45) is 3.01. The first-order chi connectivity index (χ1) is 15.6. The minimum Gasteiger partial charge on any atom is -0.494 e. The molecule has 0 saturated heterocycles. The maximum Gasteiger partial charge on any atom is 0.262 e. The number of thioether (sulfide) groups is 1. The van der Waals surface area contributed by atoms with Gasteiger partial charge in [-0.2, -0.15) is 0 Å². The molecule has 0 amide bonds. The van der Waals surface area contributed by atoms with Gasteiger partial charge in [0.2, 0.25) is 5.78 Å². The second kappa shape index (κ2) is 9.99. The summed E-state index contributed by atoms with van der Waals surface area (Å²) in [5.74, 6) is 1.47. The summed E-state index contributed by atoms with van der Waals surface area (Å²) < 4.78 is 9.02. The maximum absolute atomic E-state index is 13.1. The number of carbonyl (C=O) groups excluding carboxylic acids is 1.